The van der Waals surface area contributed by atoms with Crippen LogP contribution in [-0.4, -0.2) is 14.5 Å². The van der Waals surface area contributed by atoms with E-state index in [1.54, 1.807) is 12.3 Å². The van der Waals surface area contributed by atoms with Crippen LogP contribution < -0.4 is 0 Å². The number of rotatable bonds is 2. The zero-order valence-corrected chi connectivity index (χ0v) is 12.6. The van der Waals surface area contributed by atoms with Gasteiger partial charge in [-0.15, -0.1) is 0 Å². The van der Waals surface area contributed by atoms with Crippen molar-refractivity contribution in [2.45, 2.75) is 6.92 Å². The van der Waals surface area contributed by atoms with Crippen LogP contribution in [0.1, 0.15) is 5.56 Å². The lowest BCUT2D eigenvalue weighted by Gasteiger charge is -2.10. The summed E-state index contributed by atoms with van der Waals surface area (Å²) >= 11 is 5.92. The van der Waals surface area contributed by atoms with Crippen molar-refractivity contribution in [3.63, 3.8) is 0 Å². The number of nitrogens with zero attached hydrogens (tertiary/aromatic N) is 3. The molecule has 108 valence electrons. The van der Waals surface area contributed by atoms with Gasteiger partial charge in [-0.05, 0) is 54.4 Å². The van der Waals surface area contributed by atoms with Gasteiger partial charge in [-0.3, -0.25) is 4.57 Å². The number of halogens is 1. The Balaban J connectivity index is 2.09. The third kappa shape index (κ3) is 2.00. The molecule has 5 heteroatoms. The van der Waals surface area contributed by atoms with Crippen LogP contribution in [0.4, 0.5) is 0 Å². The van der Waals surface area contributed by atoms with Crippen molar-refractivity contribution in [1.82, 2.24) is 14.5 Å². The number of benzene rings is 1. The van der Waals surface area contributed by atoms with Crippen LogP contribution in [0.25, 0.3) is 28.4 Å². The maximum atomic E-state index is 5.92. The smallest absolute Gasteiger partial charge is 0.194 e. The van der Waals surface area contributed by atoms with Crippen molar-refractivity contribution in [1.29, 1.82) is 0 Å². The molecule has 0 aliphatic rings. The molecule has 0 amide bonds. The van der Waals surface area contributed by atoms with Crippen molar-refractivity contribution >= 4 is 22.8 Å². The van der Waals surface area contributed by atoms with Gasteiger partial charge < -0.3 is 4.42 Å². The predicted octanol–water partition coefficient (Wildman–Crippen LogP) is 4.64. The molecule has 0 saturated carbocycles. The van der Waals surface area contributed by atoms with Crippen LogP contribution in [0.3, 0.4) is 0 Å². The molecule has 4 aromatic rings. The number of pyridine rings is 1. The summed E-state index contributed by atoms with van der Waals surface area (Å²) in [5.74, 6) is 1.31. The van der Waals surface area contributed by atoms with Crippen molar-refractivity contribution in [2.75, 3.05) is 0 Å². The van der Waals surface area contributed by atoms with E-state index >= 15 is 0 Å². The van der Waals surface area contributed by atoms with Gasteiger partial charge in [0, 0.05) is 6.20 Å². The number of hydrogen-bond acceptors (Lipinski definition) is 3. The van der Waals surface area contributed by atoms with E-state index in [4.69, 9.17) is 16.0 Å². The quantitative estimate of drug-likeness (QED) is 0.541. The van der Waals surface area contributed by atoms with Crippen LogP contribution in [-0.2, 0) is 0 Å². The second-order valence-corrected chi connectivity index (χ2v) is 5.38. The maximum Gasteiger partial charge on any atom is 0.194 e. The molecular formula is C17H12ClN3O. The minimum Gasteiger partial charge on any atom is -0.441 e. The average molecular weight is 310 g/mol. The van der Waals surface area contributed by atoms with Crippen LogP contribution in [0.2, 0.25) is 5.22 Å². The normalized spacial score (nSPS) is 11.2. The molecule has 0 aliphatic heterocycles. The number of fused-ring (bicyclic) bond motifs is 1. The molecule has 1 aromatic carbocycles. The highest BCUT2D eigenvalue weighted by atomic mass is 35.5. The lowest BCUT2D eigenvalue weighted by atomic mass is 10.2. The molecule has 0 fully saturated rings. The van der Waals surface area contributed by atoms with Gasteiger partial charge in [0.2, 0.25) is 0 Å². The molecule has 4 rings (SSSR count). The Morgan fingerprint density at radius 1 is 1.05 bits per heavy atom. The lowest BCUT2D eigenvalue weighted by molar-refractivity contribution is 0.578. The number of hydrogen-bond donors (Lipinski definition) is 0. The maximum absolute atomic E-state index is 5.92. The first-order chi connectivity index (χ1) is 10.7. The summed E-state index contributed by atoms with van der Waals surface area (Å²) in [6.07, 6.45) is 1.76. The van der Waals surface area contributed by atoms with E-state index in [-0.39, 0.29) is 0 Å². The summed E-state index contributed by atoms with van der Waals surface area (Å²) in [5.41, 5.74) is 3.75. The van der Waals surface area contributed by atoms with Crippen molar-refractivity contribution in [3.8, 4) is 17.3 Å². The summed E-state index contributed by atoms with van der Waals surface area (Å²) in [6, 6.07) is 15.4. The molecule has 0 unspecified atom stereocenters. The average Bonchev–Trinajstić information content (AvgIpc) is 3.11. The lowest BCUT2D eigenvalue weighted by Crippen LogP contribution is -2.00. The first kappa shape index (κ1) is 13.1. The Bertz CT molecular complexity index is 971. The SMILES string of the molecule is Cc1ccccc1-n1c(-c2ccc(Cl)o2)nc2cccnc21. The standard InChI is InChI=1S/C17H12ClN3O/c1-11-5-2-3-7-13(11)21-16-12(6-4-10-19-16)20-17(21)14-8-9-15(18)22-14/h2-10H,1H3. The minimum absolute atomic E-state index is 0.339. The van der Waals surface area contributed by atoms with E-state index in [2.05, 4.69) is 23.0 Å². The van der Waals surface area contributed by atoms with Gasteiger partial charge in [0.1, 0.15) is 5.52 Å². The highest BCUT2D eigenvalue weighted by molar-refractivity contribution is 6.29. The summed E-state index contributed by atoms with van der Waals surface area (Å²) in [7, 11) is 0. The molecule has 0 bridgehead atoms. The Labute approximate surface area is 132 Å². The van der Waals surface area contributed by atoms with Gasteiger partial charge in [-0.2, -0.15) is 0 Å². The summed E-state index contributed by atoms with van der Waals surface area (Å²) in [5, 5.41) is 0.339. The number of furan rings is 1. The van der Waals surface area contributed by atoms with Crippen LogP contribution in [0.15, 0.2) is 59.1 Å². The fourth-order valence-corrected chi connectivity index (χ4v) is 2.70. The van der Waals surface area contributed by atoms with Gasteiger partial charge in [0.15, 0.2) is 22.5 Å². The van der Waals surface area contributed by atoms with E-state index in [9.17, 15) is 0 Å². The predicted molar refractivity (Wildman–Crippen MR) is 86.3 cm³/mol. The largest absolute Gasteiger partial charge is 0.441 e. The van der Waals surface area contributed by atoms with Crippen molar-refractivity contribution < 1.29 is 4.42 Å². The van der Waals surface area contributed by atoms with Gasteiger partial charge >= 0.3 is 0 Å². The molecule has 0 aliphatic carbocycles. The monoisotopic (exact) mass is 309 g/mol. The van der Waals surface area contributed by atoms with Gasteiger partial charge in [-0.1, -0.05) is 18.2 Å². The molecule has 4 nitrogen and oxygen atoms in total. The third-order valence-corrected chi connectivity index (χ3v) is 3.77. The van der Waals surface area contributed by atoms with E-state index in [1.807, 2.05) is 41.0 Å². The van der Waals surface area contributed by atoms with Crippen LogP contribution >= 0.6 is 11.6 Å². The molecule has 0 saturated heterocycles. The second-order valence-electron chi connectivity index (χ2n) is 5.01. The number of para-hydroxylation sites is 1. The van der Waals surface area contributed by atoms with E-state index < -0.39 is 0 Å². The molecule has 0 N–H and O–H groups in total. The number of aromatic nitrogens is 3. The fourth-order valence-electron chi connectivity index (χ4n) is 2.55. The number of aryl methyl sites for hydroxylation is 1. The molecule has 22 heavy (non-hydrogen) atoms. The molecule has 3 aromatic heterocycles. The van der Waals surface area contributed by atoms with Crippen LogP contribution in [0, 0.1) is 6.92 Å². The third-order valence-electron chi connectivity index (χ3n) is 3.57. The molecule has 0 radical (unpaired) electrons. The first-order valence-electron chi connectivity index (χ1n) is 6.89. The zero-order chi connectivity index (χ0) is 15.1. The van der Waals surface area contributed by atoms with Crippen LogP contribution in [0.5, 0.6) is 0 Å². The van der Waals surface area contributed by atoms with Crippen molar-refractivity contribution in [2.24, 2.45) is 0 Å². The van der Waals surface area contributed by atoms with Gasteiger partial charge in [-0.25, -0.2) is 9.97 Å². The topological polar surface area (TPSA) is 43.9 Å². The number of imidazole rings is 1. The minimum atomic E-state index is 0.339. The Hall–Kier alpha value is -2.59. The van der Waals surface area contributed by atoms with E-state index in [0.29, 0.717) is 16.8 Å². The van der Waals surface area contributed by atoms with Gasteiger partial charge in [0.05, 0.1) is 5.69 Å². The van der Waals surface area contributed by atoms with Gasteiger partial charge in [0.25, 0.3) is 0 Å². The Morgan fingerprint density at radius 2 is 1.91 bits per heavy atom. The Morgan fingerprint density at radius 3 is 2.68 bits per heavy atom. The summed E-state index contributed by atoms with van der Waals surface area (Å²) < 4.78 is 7.56. The van der Waals surface area contributed by atoms with E-state index in [1.165, 1.54) is 0 Å². The van der Waals surface area contributed by atoms with Crippen molar-refractivity contribution in [3.05, 3.63) is 65.5 Å². The van der Waals surface area contributed by atoms with E-state index in [0.717, 1.165) is 22.4 Å². The second kappa shape index (κ2) is 5.00. The summed E-state index contributed by atoms with van der Waals surface area (Å²) in [6.45, 7) is 2.06. The molecular weight excluding hydrogens is 298 g/mol. The Kier molecular flexibility index (Phi) is 2.98. The molecule has 0 atom stereocenters. The molecule has 0 spiro atoms. The summed E-state index contributed by atoms with van der Waals surface area (Å²) in [4.78, 5) is 9.14. The fraction of sp³-hybridized carbons (Fsp3) is 0.0588. The zero-order valence-electron chi connectivity index (χ0n) is 11.8. The first-order valence-corrected chi connectivity index (χ1v) is 7.27. The highest BCUT2D eigenvalue weighted by Gasteiger charge is 2.18. The highest BCUT2D eigenvalue weighted by Crippen LogP contribution is 2.30. The molecule has 3 heterocycles.